The van der Waals surface area contributed by atoms with Crippen LogP contribution in [0.4, 0.5) is 5.69 Å². The molecule has 0 radical (unpaired) electrons. The molecule has 1 aromatic heterocycles. The number of aryl methyl sites for hydroxylation is 1. The van der Waals surface area contributed by atoms with Crippen LogP contribution in [0.15, 0.2) is 24.4 Å². The first-order valence-corrected chi connectivity index (χ1v) is 7.60. The van der Waals surface area contributed by atoms with Crippen LogP contribution >= 0.6 is 11.6 Å². The Morgan fingerprint density at radius 2 is 2.29 bits per heavy atom. The summed E-state index contributed by atoms with van der Waals surface area (Å²) in [4.78, 5) is 16.4. The normalized spacial score (nSPS) is 14.4. The molecule has 4 nitrogen and oxygen atoms in total. The molecule has 0 spiro atoms. The number of nitrogens with one attached hydrogen (secondary N) is 2. The van der Waals surface area contributed by atoms with Crippen molar-refractivity contribution in [1.82, 2.24) is 10.3 Å². The van der Waals surface area contributed by atoms with E-state index in [-0.39, 0.29) is 5.91 Å². The number of fused-ring (bicyclic) bond motifs is 1. The van der Waals surface area contributed by atoms with Gasteiger partial charge in [-0.1, -0.05) is 11.6 Å². The van der Waals surface area contributed by atoms with Crippen LogP contribution in [-0.2, 0) is 4.79 Å². The lowest BCUT2D eigenvalue weighted by atomic mass is 10.1. The van der Waals surface area contributed by atoms with Crippen LogP contribution in [0, 0.1) is 6.92 Å². The highest BCUT2D eigenvalue weighted by molar-refractivity contribution is 6.35. The summed E-state index contributed by atoms with van der Waals surface area (Å²) in [7, 11) is 0. The van der Waals surface area contributed by atoms with E-state index >= 15 is 0 Å². The lowest BCUT2D eigenvalue weighted by molar-refractivity contribution is -0.116. The lowest BCUT2D eigenvalue weighted by Crippen LogP contribution is -2.23. The number of nitrogens with zero attached hydrogens (tertiary/aromatic N) is 1. The van der Waals surface area contributed by atoms with Crippen LogP contribution in [0.1, 0.15) is 24.8 Å². The Labute approximate surface area is 128 Å². The van der Waals surface area contributed by atoms with Crippen molar-refractivity contribution in [2.24, 2.45) is 0 Å². The molecule has 1 heterocycles. The molecule has 110 valence electrons. The maximum atomic E-state index is 12.1. The molecule has 0 aliphatic heterocycles. The fourth-order valence-corrected chi connectivity index (χ4v) is 2.70. The number of carbonyl (C=O) groups excluding carboxylic acids is 1. The largest absolute Gasteiger partial charge is 0.324 e. The third-order valence-electron chi connectivity index (χ3n) is 3.66. The van der Waals surface area contributed by atoms with Crippen molar-refractivity contribution < 1.29 is 4.79 Å². The van der Waals surface area contributed by atoms with Crippen molar-refractivity contribution in [2.45, 2.75) is 32.2 Å². The van der Waals surface area contributed by atoms with Gasteiger partial charge < -0.3 is 10.6 Å². The van der Waals surface area contributed by atoms with Crippen molar-refractivity contribution in [1.29, 1.82) is 0 Å². The van der Waals surface area contributed by atoms with Gasteiger partial charge in [-0.25, -0.2) is 0 Å². The van der Waals surface area contributed by atoms with Gasteiger partial charge in [0, 0.05) is 30.6 Å². The standard InChI is InChI=1S/C16H18ClN3O/c1-10-9-13(17)16(12-3-2-7-19-15(10)12)20-14(21)6-8-18-11-4-5-11/h2-3,7,9,11,18H,4-6,8H2,1H3,(H,20,21). The van der Waals surface area contributed by atoms with E-state index in [1.807, 2.05) is 25.1 Å². The molecule has 0 bridgehead atoms. The van der Waals surface area contributed by atoms with E-state index in [0.29, 0.717) is 29.7 Å². The van der Waals surface area contributed by atoms with Crippen molar-refractivity contribution in [3.8, 4) is 0 Å². The van der Waals surface area contributed by atoms with E-state index in [0.717, 1.165) is 16.5 Å². The van der Waals surface area contributed by atoms with Crippen LogP contribution in [0.5, 0.6) is 0 Å². The Morgan fingerprint density at radius 1 is 1.48 bits per heavy atom. The third-order valence-corrected chi connectivity index (χ3v) is 3.96. The highest BCUT2D eigenvalue weighted by atomic mass is 35.5. The zero-order chi connectivity index (χ0) is 14.8. The third kappa shape index (κ3) is 3.34. The van der Waals surface area contributed by atoms with Crippen molar-refractivity contribution in [3.63, 3.8) is 0 Å². The highest BCUT2D eigenvalue weighted by Gasteiger charge is 2.20. The zero-order valence-electron chi connectivity index (χ0n) is 11.9. The number of hydrogen-bond acceptors (Lipinski definition) is 3. The number of benzene rings is 1. The molecular formula is C16H18ClN3O. The molecule has 1 saturated carbocycles. The predicted octanol–water partition coefficient (Wildman–Crippen LogP) is 3.28. The van der Waals surface area contributed by atoms with E-state index in [2.05, 4.69) is 15.6 Å². The van der Waals surface area contributed by atoms with E-state index in [1.54, 1.807) is 6.20 Å². The average Bonchev–Trinajstić information content (AvgIpc) is 3.28. The van der Waals surface area contributed by atoms with Gasteiger partial charge in [0.05, 0.1) is 16.2 Å². The minimum Gasteiger partial charge on any atom is -0.324 e. The molecule has 2 aromatic rings. The topological polar surface area (TPSA) is 54.0 Å². The Balaban J connectivity index is 1.77. The maximum absolute atomic E-state index is 12.1. The molecule has 1 amide bonds. The summed E-state index contributed by atoms with van der Waals surface area (Å²) in [6.07, 6.45) is 4.64. The van der Waals surface area contributed by atoms with Crippen molar-refractivity contribution >= 4 is 34.1 Å². The summed E-state index contributed by atoms with van der Waals surface area (Å²) in [5, 5.41) is 7.68. The second kappa shape index (κ2) is 6.00. The van der Waals surface area contributed by atoms with E-state index in [4.69, 9.17) is 11.6 Å². The first-order valence-electron chi connectivity index (χ1n) is 7.22. The van der Waals surface area contributed by atoms with Crippen LogP contribution in [0.3, 0.4) is 0 Å². The number of amides is 1. The number of pyridine rings is 1. The lowest BCUT2D eigenvalue weighted by Gasteiger charge is -2.12. The Hall–Kier alpha value is -1.65. The molecule has 2 N–H and O–H groups in total. The van der Waals surface area contributed by atoms with Gasteiger partial charge in [-0.05, 0) is 43.5 Å². The fourth-order valence-electron chi connectivity index (χ4n) is 2.39. The number of rotatable bonds is 5. The summed E-state index contributed by atoms with van der Waals surface area (Å²) in [6, 6.07) is 6.24. The van der Waals surface area contributed by atoms with Gasteiger partial charge in [0.15, 0.2) is 0 Å². The van der Waals surface area contributed by atoms with Gasteiger partial charge in [-0.3, -0.25) is 9.78 Å². The molecule has 21 heavy (non-hydrogen) atoms. The molecule has 3 rings (SSSR count). The van der Waals surface area contributed by atoms with Crippen LogP contribution in [0.2, 0.25) is 5.02 Å². The number of aromatic nitrogens is 1. The van der Waals surface area contributed by atoms with Gasteiger partial charge in [0.25, 0.3) is 0 Å². The summed E-state index contributed by atoms with van der Waals surface area (Å²) < 4.78 is 0. The van der Waals surface area contributed by atoms with Gasteiger partial charge in [-0.2, -0.15) is 0 Å². The minimum atomic E-state index is -0.0287. The molecule has 0 atom stereocenters. The highest BCUT2D eigenvalue weighted by Crippen LogP contribution is 2.32. The van der Waals surface area contributed by atoms with Crippen molar-refractivity contribution in [2.75, 3.05) is 11.9 Å². The predicted molar refractivity (Wildman–Crippen MR) is 85.8 cm³/mol. The average molecular weight is 304 g/mol. The number of hydrogen-bond donors (Lipinski definition) is 2. The monoisotopic (exact) mass is 303 g/mol. The smallest absolute Gasteiger partial charge is 0.225 e. The number of carbonyl (C=O) groups is 1. The van der Waals surface area contributed by atoms with E-state index in [1.165, 1.54) is 12.8 Å². The van der Waals surface area contributed by atoms with Crippen LogP contribution in [-0.4, -0.2) is 23.5 Å². The first-order chi connectivity index (χ1) is 10.1. The van der Waals surface area contributed by atoms with Gasteiger partial charge in [0.2, 0.25) is 5.91 Å². The van der Waals surface area contributed by atoms with Gasteiger partial charge in [0.1, 0.15) is 0 Å². The van der Waals surface area contributed by atoms with E-state index < -0.39 is 0 Å². The Bertz CT molecular complexity index is 683. The fraction of sp³-hybridized carbons (Fsp3) is 0.375. The molecule has 0 unspecified atom stereocenters. The molecule has 1 aromatic carbocycles. The van der Waals surface area contributed by atoms with E-state index in [9.17, 15) is 4.79 Å². The summed E-state index contributed by atoms with van der Waals surface area (Å²) in [6.45, 7) is 2.67. The molecule has 5 heteroatoms. The van der Waals surface area contributed by atoms with Crippen LogP contribution in [0.25, 0.3) is 10.9 Å². The first kappa shape index (κ1) is 14.3. The SMILES string of the molecule is Cc1cc(Cl)c(NC(=O)CCNC2CC2)c2cccnc12. The Morgan fingerprint density at radius 3 is 3.05 bits per heavy atom. The van der Waals surface area contributed by atoms with Crippen LogP contribution < -0.4 is 10.6 Å². The summed E-state index contributed by atoms with van der Waals surface area (Å²) in [5.41, 5.74) is 2.53. The summed E-state index contributed by atoms with van der Waals surface area (Å²) >= 11 is 6.29. The molecular weight excluding hydrogens is 286 g/mol. The number of halogens is 1. The molecule has 1 fully saturated rings. The van der Waals surface area contributed by atoms with Crippen molar-refractivity contribution in [3.05, 3.63) is 35.0 Å². The molecule has 1 aliphatic carbocycles. The zero-order valence-corrected chi connectivity index (χ0v) is 12.7. The van der Waals surface area contributed by atoms with Gasteiger partial charge >= 0.3 is 0 Å². The molecule has 0 saturated heterocycles. The minimum absolute atomic E-state index is 0.0287. The maximum Gasteiger partial charge on any atom is 0.225 e. The number of anilines is 1. The second-order valence-corrected chi connectivity index (χ2v) is 5.88. The molecule has 1 aliphatic rings. The second-order valence-electron chi connectivity index (χ2n) is 5.48. The quantitative estimate of drug-likeness (QED) is 0.891. The van der Waals surface area contributed by atoms with Gasteiger partial charge in [-0.15, -0.1) is 0 Å². The summed E-state index contributed by atoms with van der Waals surface area (Å²) in [5.74, 6) is -0.0287. The Kier molecular flexibility index (Phi) is 4.08.